The van der Waals surface area contributed by atoms with Gasteiger partial charge in [0.25, 0.3) is 5.69 Å². The van der Waals surface area contributed by atoms with Crippen molar-refractivity contribution in [2.45, 2.75) is 20.8 Å². The van der Waals surface area contributed by atoms with Crippen molar-refractivity contribution in [3.05, 3.63) is 75.0 Å². The Hall–Kier alpha value is -3.48. The molecule has 26 heavy (non-hydrogen) atoms. The Morgan fingerprint density at radius 1 is 1.08 bits per heavy atom. The van der Waals surface area contributed by atoms with E-state index in [0.717, 1.165) is 16.8 Å². The summed E-state index contributed by atoms with van der Waals surface area (Å²) in [5.41, 5.74) is 4.28. The lowest BCUT2D eigenvalue weighted by Crippen LogP contribution is -2.03. The molecule has 0 aliphatic heterocycles. The zero-order valence-corrected chi connectivity index (χ0v) is 14.6. The Morgan fingerprint density at radius 2 is 1.73 bits per heavy atom. The van der Waals surface area contributed by atoms with E-state index in [1.807, 2.05) is 32.0 Å². The Labute approximate surface area is 149 Å². The highest BCUT2D eigenvalue weighted by Gasteiger charge is 2.23. The molecule has 0 saturated carbocycles. The van der Waals surface area contributed by atoms with Crippen LogP contribution in [0.5, 0.6) is 0 Å². The maximum absolute atomic E-state index is 11.8. The summed E-state index contributed by atoms with van der Waals surface area (Å²) in [7, 11) is 0. The summed E-state index contributed by atoms with van der Waals surface area (Å²) < 4.78 is 1.59. The molecule has 7 nitrogen and oxygen atoms in total. The van der Waals surface area contributed by atoms with Gasteiger partial charge in [-0.15, -0.1) is 0 Å². The number of aromatic carboxylic acids is 1. The Balaban J connectivity index is 2.18. The van der Waals surface area contributed by atoms with Crippen LogP contribution < -0.4 is 0 Å². The summed E-state index contributed by atoms with van der Waals surface area (Å²) in [5.74, 6) is -1.09. The quantitative estimate of drug-likeness (QED) is 0.564. The maximum atomic E-state index is 11.8. The third-order valence-corrected chi connectivity index (χ3v) is 4.42. The fourth-order valence-electron chi connectivity index (χ4n) is 2.81. The lowest BCUT2D eigenvalue weighted by Gasteiger charge is -2.07. The Morgan fingerprint density at radius 3 is 2.27 bits per heavy atom. The van der Waals surface area contributed by atoms with E-state index in [2.05, 4.69) is 5.10 Å². The smallest absolute Gasteiger partial charge is 0.339 e. The lowest BCUT2D eigenvalue weighted by molar-refractivity contribution is -0.384. The van der Waals surface area contributed by atoms with Crippen LogP contribution in [0.1, 0.15) is 27.2 Å². The Bertz CT molecular complexity index is 1020. The van der Waals surface area contributed by atoms with Gasteiger partial charge in [-0.25, -0.2) is 9.48 Å². The van der Waals surface area contributed by atoms with Crippen LogP contribution in [0.3, 0.4) is 0 Å². The second-order valence-electron chi connectivity index (χ2n) is 6.10. The van der Waals surface area contributed by atoms with Crippen LogP contribution in [-0.2, 0) is 0 Å². The molecule has 1 N–H and O–H groups in total. The van der Waals surface area contributed by atoms with Crippen molar-refractivity contribution in [2.75, 3.05) is 0 Å². The third-order valence-electron chi connectivity index (χ3n) is 4.42. The summed E-state index contributed by atoms with van der Waals surface area (Å²) in [4.78, 5) is 22.1. The number of nitro benzene ring substituents is 1. The van der Waals surface area contributed by atoms with Crippen molar-refractivity contribution in [1.82, 2.24) is 9.78 Å². The van der Waals surface area contributed by atoms with E-state index in [1.54, 1.807) is 11.6 Å². The summed E-state index contributed by atoms with van der Waals surface area (Å²) in [6.45, 7) is 5.67. The zero-order chi connectivity index (χ0) is 19.0. The molecule has 0 bridgehead atoms. The number of rotatable bonds is 4. The number of carboxylic acids is 1. The first-order chi connectivity index (χ1) is 12.3. The van der Waals surface area contributed by atoms with Gasteiger partial charge in [0.2, 0.25) is 0 Å². The number of nitrogens with zero attached hydrogens (tertiary/aromatic N) is 3. The first-order valence-electron chi connectivity index (χ1n) is 7.95. The first kappa shape index (κ1) is 17.3. The van der Waals surface area contributed by atoms with E-state index < -0.39 is 10.9 Å². The van der Waals surface area contributed by atoms with Gasteiger partial charge in [-0.1, -0.05) is 6.07 Å². The van der Waals surface area contributed by atoms with Crippen LogP contribution in [-0.4, -0.2) is 25.8 Å². The highest BCUT2D eigenvalue weighted by Crippen LogP contribution is 2.29. The predicted octanol–water partition coefficient (Wildman–Crippen LogP) is 4.07. The van der Waals surface area contributed by atoms with E-state index >= 15 is 0 Å². The van der Waals surface area contributed by atoms with Gasteiger partial charge in [0.15, 0.2) is 0 Å². The molecule has 2 aromatic carbocycles. The summed E-state index contributed by atoms with van der Waals surface area (Å²) >= 11 is 0. The molecule has 0 radical (unpaired) electrons. The number of non-ortho nitro benzene ring substituents is 1. The number of hydrogen-bond acceptors (Lipinski definition) is 4. The third kappa shape index (κ3) is 2.95. The largest absolute Gasteiger partial charge is 0.478 e. The lowest BCUT2D eigenvalue weighted by atomic mass is 10.1. The number of nitro groups is 1. The molecule has 7 heteroatoms. The molecule has 1 heterocycles. The van der Waals surface area contributed by atoms with Gasteiger partial charge < -0.3 is 5.11 Å². The second kappa shape index (κ2) is 6.44. The fourth-order valence-corrected chi connectivity index (χ4v) is 2.81. The summed E-state index contributed by atoms with van der Waals surface area (Å²) in [5, 5.41) is 24.9. The molecule has 0 fully saturated rings. The molecule has 0 aliphatic rings. The van der Waals surface area contributed by atoms with Gasteiger partial charge in [-0.3, -0.25) is 10.1 Å². The first-order valence-corrected chi connectivity index (χ1v) is 7.95. The van der Waals surface area contributed by atoms with Crippen LogP contribution in [0.25, 0.3) is 16.9 Å². The highest BCUT2D eigenvalue weighted by molar-refractivity contribution is 5.96. The number of carboxylic acid groups (broad SMARTS) is 1. The van der Waals surface area contributed by atoms with Crippen molar-refractivity contribution >= 4 is 11.7 Å². The molecule has 0 spiro atoms. The number of aromatic nitrogens is 2. The summed E-state index contributed by atoms with van der Waals surface area (Å²) in [6, 6.07) is 11.5. The normalized spacial score (nSPS) is 10.7. The molecule has 0 aliphatic carbocycles. The van der Waals surface area contributed by atoms with Gasteiger partial charge in [0, 0.05) is 17.7 Å². The fraction of sp³-hybridized carbons (Fsp3) is 0.158. The van der Waals surface area contributed by atoms with Gasteiger partial charge in [0.1, 0.15) is 11.3 Å². The molecule has 3 rings (SSSR count). The zero-order valence-electron chi connectivity index (χ0n) is 14.6. The topological polar surface area (TPSA) is 98.3 Å². The van der Waals surface area contributed by atoms with E-state index in [-0.39, 0.29) is 16.9 Å². The monoisotopic (exact) mass is 351 g/mol. The summed E-state index contributed by atoms with van der Waals surface area (Å²) in [6.07, 6.45) is 0. The minimum atomic E-state index is -1.09. The van der Waals surface area contributed by atoms with Gasteiger partial charge >= 0.3 is 5.97 Å². The van der Waals surface area contributed by atoms with Crippen molar-refractivity contribution in [3.8, 4) is 16.9 Å². The molecule has 1 aromatic heterocycles. The predicted molar refractivity (Wildman–Crippen MR) is 96.8 cm³/mol. The second-order valence-corrected chi connectivity index (χ2v) is 6.10. The van der Waals surface area contributed by atoms with E-state index in [4.69, 9.17) is 0 Å². The minimum Gasteiger partial charge on any atom is -0.478 e. The molecule has 132 valence electrons. The molecule has 3 aromatic rings. The molecule has 0 amide bonds. The van der Waals surface area contributed by atoms with Crippen LogP contribution in [0.4, 0.5) is 5.69 Å². The standard InChI is InChI=1S/C19H17N3O4/c1-11-4-7-16(10-12(11)2)21-13(3)17(19(23)24)18(20-21)14-5-8-15(9-6-14)22(25)26/h4-10H,1-3H3,(H,23,24). The van der Waals surface area contributed by atoms with Crippen molar-refractivity contribution in [1.29, 1.82) is 0 Å². The molecular formula is C19H17N3O4. The maximum Gasteiger partial charge on any atom is 0.339 e. The van der Waals surface area contributed by atoms with Gasteiger partial charge in [-0.05, 0) is 56.2 Å². The van der Waals surface area contributed by atoms with Crippen LogP contribution in [0.2, 0.25) is 0 Å². The average Bonchev–Trinajstić information content (AvgIpc) is 2.95. The number of benzene rings is 2. The van der Waals surface area contributed by atoms with Crippen molar-refractivity contribution in [3.63, 3.8) is 0 Å². The van der Waals surface area contributed by atoms with Gasteiger partial charge in [-0.2, -0.15) is 5.10 Å². The molecule has 0 unspecified atom stereocenters. The average molecular weight is 351 g/mol. The number of carbonyl (C=O) groups is 1. The number of hydrogen-bond donors (Lipinski definition) is 1. The van der Waals surface area contributed by atoms with Crippen molar-refractivity contribution < 1.29 is 14.8 Å². The molecule has 0 atom stereocenters. The van der Waals surface area contributed by atoms with E-state index in [0.29, 0.717) is 11.3 Å². The van der Waals surface area contributed by atoms with Crippen LogP contribution in [0, 0.1) is 30.9 Å². The molecular weight excluding hydrogens is 334 g/mol. The number of aryl methyl sites for hydroxylation is 2. The SMILES string of the molecule is Cc1ccc(-n2nc(-c3ccc([N+](=O)[O-])cc3)c(C(=O)O)c2C)cc1C. The van der Waals surface area contributed by atoms with Crippen molar-refractivity contribution in [2.24, 2.45) is 0 Å². The van der Waals surface area contributed by atoms with Gasteiger partial charge in [0.05, 0.1) is 16.3 Å². The van der Waals surface area contributed by atoms with E-state index in [1.165, 1.54) is 24.3 Å². The molecule has 0 saturated heterocycles. The van der Waals surface area contributed by atoms with E-state index in [9.17, 15) is 20.0 Å². The Kier molecular flexibility index (Phi) is 4.29. The highest BCUT2D eigenvalue weighted by atomic mass is 16.6. The van der Waals surface area contributed by atoms with Crippen LogP contribution >= 0.6 is 0 Å². The van der Waals surface area contributed by atoms with Crippen LogP contribution in [0.15, 0.2) is 42.5 Å². The minimum absolute atomic E-state index is 0.0593.